The molecule has 4 rings (SSSR count). The third-order valence-corrected chi connectivity index (χ3v) is 5.30. The number of rotatable bonds is 5. The third kappa shape index (κ3) is 4.27. The zero-order valence-corrected chi connectivity index (χ0v) is 15.3. The highest BCUT2D eigenvalue weighted by Gasteiger charge is 2.19. The number of ether oxygens (including phenoxy) is 2. The van der Waals surface area contributed by atoms with E-state index in [1.807, 2.05) is 0 Å². The molecule has 142 valence electrons. The van der Waals surface area contributed by atoms with Gasteiger partial charge in [0.25, 0.3) is 5.91 Å². The SMILES string of the molecule is O=C(NCc1nnc(C(=O)Nc2ccc3c(c2)OCO3)s1)NC1CCCC1. The van der Waals surface area contributed by atoms with Crippen molar-refractivity contribution in [3.8, 4) is 11.5 Å². The molecule has 2 aromatic rings. The molecule has 1 aliphatic heterocycles. The predicted octanol–water partition coefficient (Wildman–Crippen LogP) is 2.26. The van der Waals surface area contributed by atoms with Gasteiger partial charge in [0.1, 0.15) is 5.01 Å². The van der Waals surface area contributed by atoms with Crippen molar-refractivity contribution in [1.82, 2.24) is 20.8 Å². The Morgan fingerprint density at radius 2 is 1.96 bits per heavy atom. The molecule has 1 saturated carbocycles. The summed E-state index contributed by atoms with van der Waals surface area (Å²) in [5.41, 5.74) is 0.579. The van der Waals surface area contributed by atoms with E-state index in [4.69, 9.17) is 9.47 Å². The van der Waals surface area contributed by atoms with Gasteiger partial charge in [0.05, 0.1) is 6.54 Å². The average Bonchev–Trinajstić information content (AvgIpc) is 3.41. The molecule has 0 unspecified atom stereocenters. The minimum atomic E-state index is -0.368. The maximum Gasteiger partial charge on any atom is 0.315 e. The molecule has 2 heterocycles. The number of amides is 3. The van der Waals surface area contributed by atoms with E-state index in [0.717, 1.165) is 37.0 Å². The summed E-state index contributed by atoms with van der Waals surface area (Å²) in [6.07, 6.45) is 4.36. The van der Waals surface area contributed by atoms with Gasteiger partial charge in [0.2, 0.25) is 11.8 Å². The zero-order chi connectivity index (χ0) is 18.6. The quantitative estimate of drug-likeness (QED) is 0.723. The Kier molecular flexibility index (Phi) is 5.05. The van der Waals surface area contributed by atoms with Crippen LogP contribution in [-0.2, 0) is 6.54 Å². The first-order valence-corrected chi connectivity index (χ1v) is 9.57. The summed E-state index contributed by atoms with van der Waals surface area (Å²) in [7, 11) is 0. The first kappa shape index (κ1) is 17.5. The normalized spacial score (nSPS) is 15.6. The Bertz CT molecular complexity index is 850. The Morgan fingerprint density at radius 3 is 2.81 bits per heavy atom. The molecule has 1 aromatic heterocycles. The van der Waals surface area contributed by atoms with E-state index in [1.165, 1.54) is 0 Å². The van der Waals surface area contributed by atoms with E-state index in [9.17, 15) is 9.59 Å². The lowest BCUT2D eigenvalue weighted by molar-refractivity contribution is 0.102. The van der Waals surface area contributed by atoms with Crippen LogP contribution in [0.1, 0.15) is 40.5 Å². The average molecular weight is 389 g/mol. The van der Waals surface area contributed by atoms with Crippen LogP contribution in [0.2, 0.25) is 0 Å². The van der Waals surface area contributed by atoms with Crippen LogP contribution in [0, 0.1) is 0 Å². The van der Waals surface area contributed by atoms with Crippen LogP contribution in [0.4, 0.5) is 10.5 Å². The van der Waals surface area contributed by atoms with Crippen LogP contribution in [-0.4, -0.2) is 35.0 Å². The number of nitrogens with one attached hydrogen (secondary N) is 3. The van der Waals surface area contributed by atoms with E-state index in [1.54, 1.807) is 18.2 Å². The minimum Gasteiger partial charge on any atom is -0.454 e. The number of hydrogen-bond acceptors (Lipinski definition) is 7. The number of fused-ring (bicyclic) bond motifs is 1. The molecule has 0 radical (unpaired) electrons. The largest absolute Gasteiger partial charge is 0.454 e. The second-order valence-electron chi connectivity index (χ2n) is 6.33. The maximum atomic E-state index is 12.3. The second-order valence-corrected chi connectivity index (χ2v) is 7.39. The molecule has 0 saturated heterocycles. The smallest absolute Gasteiger partial charge is 0.315 e. The van der Waals surface area contributed by atoms with E-state index in [-0.39, 0.29) is 36.3 Å². The minimum absolute atomic E-state index is 0.174. The molecule has 0 bridgehead atoms. The summed E-state index contributed by atoms with van der Waals surface area (Å²) >= 11 is 1.14. The van der Waals surface area contributed by atoms with E-state index < -0.39 is 0 Å². The van der Waals surface area contributed by atoms with E-state index in [0.29, 0.717) is 22.2 Å². The van der Waals surface area contributed by atoms with Gasteiger partial charge in [-0.15, -0.1) is 10.2 Å². The number of carbonyl (C=O) groups excluding carboxylic acids is 2. The van der Waals surface area contributed by atoms with Crippen molar-refractivity contribution in [2.24, 2.45) is 0 Å². The number of benzene rings is 1. The predicted molar refractivity (Wildman–Crippen MR) is 98.1 cm³/mol. The van der Waals surface area contributed by atoms with Crippen LogP contribution in [0.5, 0.6) is 11.5 Å². The number of anilines is 1. The molecule has 1 aliphatic carbocycles. The van der Waals surface area contributed by atoms with E-state index >= 15 is 0 Å². The second kappa shape index (κ2) is 7.78. The van der Waals surface area contributed by atoms with Crippen molar-refractivity contribution < 1.29 is 19.1 Å². The van der Waals surface area contributed by atoms with Crippen molar-refractivity contribution in [2.75, 3.05) is 12.1 Å². The summed E-state index contributed by atoms with van der Waals surface area (Å²) in [4.78, 5) is 24.2. The van der Waals surface area contributed by atoms with Crippen molar-refractivity contribution in [2.45, 2.75) is 38.3 Å². The fourth-order valence-corrected chi connectivity index (χ4v) is 3.71. The summed E-state index contributed by atoms with van der Waals surface area (Å²) in [6.45, 7) is 0.404. The Labute approximate surface area is 159 Å². The van der Waals surface area contributed by atoms with Gasteiger partial charge in [-0.1, -0.05) is 24.2 Å². The highest BCUT2D eigenvalue weighted by molar-refractivity contribution is 7.13. The van der Waals surface area contributed by atoms with Gasteiger partial charge in [-0.2, -0.15) is 0 Å². The first-order chi connectivity index (χ1) is 13.2. The molecule has 0 spiro atoms. The highest BCUT2D eigenvalue weighted by atomic mass is 32.1. The van der Waals surface area contributed by atoms with Gasteiger partial charge in [0, 0.05) is 17.8 Å². The lowest BCUT2D eigenvalue weighted by atomic mass is 10.3. The molecule has 0 atom stereocenters. The molecular formula is C17H19N5O4S. The lowest BCUT2D eigenvalue weighted by Crippen LogP contribution is -2.40. The summed E-state index contributed by atoms with van der Waals surface area (Å²) in [5.74, 6) is 0.865. The molecule has 3 amide bonds. The summed E-state index contributed by atoms with van der Waals surface area (Å²) in [5, 5.41) is 17.1. The molecule has 2 aliphatic rings. The highest BCUT2D eigenvalue weighted by Crippen LogP contribution is 2.34. The molecule has 9 nitrogen and oxygen atoms in total. The molecular weight excluding hydrogens is 370 g/mol. The monoisotopic (exact) mass is 389 g/mol. The molecule has 10 heteroatoms. The topological polar surface area (TPSA) is 114 Å². The van der Waals surface area contributed by atoms with E-state index in [2.05, 4.69) is 26.1 Å². The standard InChI is InChI=1S/C17H19N5O4S/c23-15(19-11-5-6-12-13(7-11)26-9-25-12)16-22-21-14(27-16)8-18-17(24)20-10-3-1-2-4-10/h5-7,10H,1-4,8-9H2,(H,19,23)(H2,18,20,24). The summed E-state index contributed by atoms with van der Waals surface area (Å²) in [6, 6.07) is 5.18. The van der Waals surface area contributed by atoms with Gasteiger partial charge in [-0.3, -0.25) is 4.79 Å². The van der Waals surface area contributed by atoms with Gasteiger partial charge in [-0.25, -0.2) is 4.79 Å². The third-order valence-electron chi connectivity index (χ3n) is 4.38. The molecule has 1 aromatic carbocycles. The van der Waals surface area contributed by atoms with Crippen LogP contribution >= 0.6 is 11.3 Å². The number of aromatic nitrogens is 2. The van der Waals surface area contributed by atoms with Crippen LogP contribution in [0.15, 0.2) is 18.2 Å². The van der Waals surface area contributed by atoms with Crippen molar-refractivity contribution in [3.63, 3.8) is 0 Å². The van der Waals surface area contributed by atoms with Crippen molar-refractivity contribution >= 4 is 29.0 Å². The Balaban J connectivity index is 1.29. The van der Waals surface area contributed by atoms with Crippen LogP contribution < -0.4 is 25.4 Å². The molecule has 3 N–H and O–H groups in total. The Hall–Kier alpha value is -2.88. The van der Waals surface area contributed by atoms with Crippen LogP contribution in [0.3, 0.4) is 0 Å². The zero-order valence-electron chi connectivity index (χ0n) is 14.5. The number of carbonyl (C=O) groups is 2. The number of hydrogen-bond donors (Lipinski definition) is 3. The fourth-order valence-electron chi connectivity index (χ4n) is 3.04. The lowest BCUT2D eigenvalue weighted by Gasteiger charge is -2.11. The number of urea groups is 1. The van der Waals surface area contributed by atoms with Gasteiger partial charge < -0.3 is 25.4 Å². The van der Waals surface area contributed by atoms with Gasteiger partial charge in [-0.05, 0) is 25.0 Å². The van der Waals surface area contributed by atoms with Crippen molar-refractivity contribution in [1.29, 1.82) is 0 Å². The summed E-state index contributed by atoms with van der Waals surface area (Å²) < 4.78 is 10.5. The van der Waals surface area contributed by atoms with Gasteiger partial charge >= 0.3 is 6.03 Å². The molecule has 27 heavy (non-hydrogen) atoms. The van der Waals surface area contributed by atoms with Gasteiger partial charge in [0.15, 0.2) is 11.5 Å². The fraction of sp³-hybridized carbons (Fsp3) is 0.412. The van der Waals surface area contributed by atoms with Crippen molar-refractivity contribution in [3.05, 3.63) is 28.2 Å². The first-order valence-electron chi connectivity index (χ1n) is 8.75. The number of nitrogens with zero attached hydrogens (tertiary/aromatic N) is 2. The van der Waals surface area contributed by atoms with Crippen LogP contribution in [0.25, 0.3) is 0 Å². The Morgan fingerprint density at radius 1 is 1.15 bits per heavy atom. The maximum absolute atomic E-state index is 12.3. The molecule has 1 fully saturated rings.